The number of methoxy groups -OCH3 is 1. The molecule has 2 aliphatic heterocycles. The lowest BCUT2D eigenvalue weighted by Crippen LogP contribution is -2.55. The van der Waals surface area contributed by atoms with Crippen molar-refractivity contribution >= 4 is 38.9 Å². The van der Waals surface area contributed by atoms with Crippen molar-refractivity contribution in [1.82, 2.24) is 9.80 Å². The summed E-state index contributed by atoms with van der Waals surface area (Å²) in [5, 5.41) is 0.650. The molecule has 2 saturated heterocycles. The minimum absolute atomic E-state index is 0.0426. The van der Waals surface area contributed by atoms with Crippen LogP contribution in [-0.2, 0) is 24.2 Å². The van der Waals surface area contributed by atoms with Gasteiger partial charge in [0.25, 0.3) is 0 Å². The van der Waals surface area contributed by atoms with Crippen molar-refractivity contribution in [3.63, 3.8) is 0 Å². The molecule has 2 heterocycles. The van der Waals surface area contributed by atoms with Crippen molar-refractivity contribution in [3.05, 3.63) is 29.3 Å². The minimum Gasteiger partial charge on any atom is -0.383 e. The molecule has 10 heteroatoms. The predicted octanol–water partition coefficient (Wildman–Crippen LogP) is 0.651. The number of piperazine rings is 1. The fraction of sp³-hybridized carbons (Fsp3) is 0.579. The molecular formula is C19H26ClN3O5S. The van der Waals surface area contributed by atoms with Crippen molar-refractivity contribution < 1.29 is 22.7 Å². The number of amides is 2. The van der Waals surface area contributed by atoms with Crippen LogP contribution in [0, 0.1) is 0 Å². The van der Waals surface area contributed by atoms with Crippen LogP contribution in [0.15, 0.2) is 24.3 Å². The molecule has 3 rings (SSSR count). The van der Waals surface area contributed by atoms with Crippen molar-refractivity contribution in [1.29, 1.82) is 0 Å². The minimum atomic E-state index is -3.17. The van der Waals surface area contributed by atoms with Crippen LogP contribution < -0.4 is 4.90 Å². The van der Waals surface area contributed by atoms with Crippen molar-refractivity contribution in [2.45, 2.75) is 12.5 Å². The maximum atomic E-state index is 12.9. The number of sulfone groups is 1. The Labute approximate surface area is 176 Å². The lowest BCUT2D eigenvalue weighted by atomic mass is 10.2. The fourth-order valence-corrected chi connectivity index (χ4v) is 5.67. The molecule has 160 valence electrons. The van der Waals surface area contributed by atoms with E-state index in [2.05, 4.69) is 4.90 Å². The number of nitrogens with zero attached hydrogens (tertiary/aromatic N) is 3. The summed E-state index contributed by atoms with van der Waals surface area (Å²) in [6.45, 7) is 2.46. The van der Waals surface area contributed by atoms with Gasteiger partial charge < -0.3 is 19.4 Å². The summed E-state index contributed by atoms with van der Waals surface area (Å²) in [6, 6.07) is 7.04. The third-order valence-electron chi connectivity index (χ3n) is 5.37. The number of benzene rings is 1. The second-order valence-corrected chi connectivity index (χ2v) is 9.97. The molecule has 1 aromatic rings. The Kier molecular flexibility index (Phi) is 7.02. The van der Waals surface area contributed by atoms with E-state index < -0.39 is 27.7 Å². The van der Waals surface area contributed by atoms with Gasteiger partial charge in [-0.2, -0.15) is 0 Å². The molecule has 1 aromatic carbocycles. The third kappa shape index (κ3) is 5.40. The second kappa shape index (κ2) is 9.32. The Morgan fingerprint density at radius 1 is 1.24 bits per heavy atom. The Morgan fingerprint density at radius 2 is 1.97 bits per heavy atom. The Bertz CT molecular complexity index is 855. The summed E-state index contributed by atoms with van der Waals surface area (Å²) >= 11 is 6.05. The molecule has 2 fully saturated rings. The van der Waals surface area contributed by atoms with Gasteiger partial charge in [-0.3, -0.25) is 9.59 Å². The van der Waals surface area contributed by atoms with E-state index in [0.29, 0.717) is 37.6 Å². The highest BCUT2D eigenvalue weighted by Gasteiger charge is 2.38. The van der Waals surface area contributed by atoms with Gasteiger partial charge in [-0.1, -0.05) is 17.7 Å². The molecule has 0 radical (unpaired) electrons. The molecule has 0 spiro atoms. The lowest BCUT2D eigenvalue weighted by Gasteiger charge is -2.37. The summed E-state index contributed by atoms with van der Waals surface area (Å²) in [4.78, 5) is 30.7. The SMILES string of the molecule is COCCN(C(=O)C(=O)N1CCN(c2cccc(Cl)c2)CC1)C1CCS(=O)(=O)C1. The smallest absolute Gasteiger partial charge is 0.312 e. The number of rotatable bonds is 5. The van der Waals surface area contributed by atoms with Gasteiger partial charge in [0.1, 0.15) is 0 Å². The standard InChI is InChI=1S/C19H26ClN3O5S/c1-28-11-10-23(17-5-12-29(26,27)14-17)19(25)18(24)22-8-6-21(7-9-22)16-4-2-3-15(20)13-16/h2-4,13,17H,5-12,14H2,1H3. The van der Waals surface area contributed by atoms with Crippen molar-refractivity contribution in [3.8, 4) is 0 Å². The normalized spacial score (nSPS) is 21.2. The van der Waals surface area contributed by atoms with Gasteiger partial charge in [0.15, 0.2) is 9.84 Å². The molecule has 0 aromatic heterocycles. The highest BCUT2D eigenvalue weighted by molar-refractivity contribution is 7.91. The molecule has 0 saturated carbocycles. The van der Waals surface area contributed by atoms with E-state index in [-0.39, 0.29) is 24.7 Å². The Balaban J connectivity index is 1.63. The third-order valence-corrected chi connectivity index (χ3v) is 7.35. The number of carbonyl (C=O) groups is 2. The van der Waals surface area contributed by atoms with Crippen LogP contribution in [0.3, 0.4) is 0 Å². The van der Waals surface area contributed by atoms with Gasteiger partial charge in [-0.15, -0.1) is 0 Å². The molecule has 8 nitrogen and oxygen atoms in total. The fourth-order valence-electron chi connectivity index (χ4n) is 3.76. The summed E-state index contributed by atoms with van der Waals surface area (Å²) in [5.41, 5.74) is 0.980. The Morgan fingerprint density at radius 3 is 2.55 bits per heavy atom. The monoisotopic (exact) mass is 443 g/mol. The van der Waals surface area contributed by atoms with Gasteiger partial charge in [-0.25, -0.2) is 8.42 Å². The van der Waals surface area contributed by atoms with Gasteiger partial charge in [0, 0.05) is 56.6 Å². The summed E-state index contributed by atoms with van der Waals surface area (Å²) in [6.07, 6.45) is 0.355. The molecule has 0 N–H and O–H groups in total. The van der Waals surface area contributed by atoms with E-state index in [0.717, 1.165) is 5.69 Å². The molecular weight excluding hydrogens is 418 g/mol. The molecule has 29 heavy (non-hydrogen) atoms. The van der Waals surface area contributed by atoms with Gasteiger partial charge in [0.2, 0.25) is 0 Å². The maximum absolute atomic E-state index is 12.9. The Hall–Kier alpha value is -1.84. The molecule has 0 bridgehead atoms. The number of ether oxygens (including phenoxy) is 1. The van der Waals surface area contributed by atoms with E-state index >= 15 is 0 Å². The van der Waals surface area contributed by atoms with E-state index in [1.54, 1.807) is 6.07 Å². The van der Waals surface area contributed by atoms with Crippen LogP contribution in [0.25, 0.3) is 0 Å². The highest BCUT2D eigenvalue weighted by atomic mass is 35.5. The maximum Gasteiger partial charge on any atom is 0.312 e. The van der Waals surface area contributed by atoms with Crippen LogP contribution in [0.4, 0.5) is 5.69 Å². The van der Waals surface area contributed by atoms with E-state index in [1.807, 2.05) is 18.2 Å². The second-order valence-electron chi connectivity index (χ2n) is 7.31. The number of hydrogen-bond acceptors (Lipinski definition) is 6. The van der Waals surface area contributed by atoms with Crippen LogP contribution in [0.2, 0.25) is 5.02 Å². The van der Waals surface area contributed by atoms with E-state index in [1.165, 1.54) is 16.9 Å². The molecule has 1 atom stereocenters. The number of hydrogen-bond donors (Lipinski definition) is 0. The van der Waals surface area contributed by atoms with E-state index in [9.17, 15) is 18.0 Å². The van der Waals surface area contributed by atoms with Crippen LogP contribution in [0.1, 0.15) is 6.42 Å². The molecule has 2 aliphatic rings. The van der Waals surface area contributed by atoms with E-state index in [4.69, 9.17) is 16.3 Å². The zero-order chi connectivity index (χ0) is 21.0. The largest absolute Gasteiger partial charge is 0.383 e. The first-order valence-corrected chi connectivity index (χ1v) is 11.8. The summed E-state index contributed by atoms with van der Waals surface area (Å²) < 4.78 is 28.7. The lowest BCUT2D eigenvalue weighted by molar-refractivity contribution is -0.153. The number of carbonyl (C=O) groups excluding carboxylic acids is 2. The van der Waals surface area contributed by atoms with Crippen LogP contribution in [-0.4, -0.2) is 94.0 Å². The average molecular weight is 444 g/mol. The van der Waals surface area contributed by atoms with Crippen molar-refractivity contribution in [2.24, 2.45) is 0 Å². The molecule has 1 unspecified atom stereocenters. The van der Waals surface area contributed by atoms with Gasteiger partial charge >= 0.3 is 11.8 Å². The molecule has 0 aliphatic carbocycles. The summed E-state index contributed by atoms with van der Waals surface area (Å²) in [5.74, 6) is -1.30. The topological polar surface area (TPSA) is 87.2 Å². The predicted molar refractivity (Wildman–Crippen MR) is 111 cm³/mol. The zero-order valence-corrected chi connectivity index (χ0v) is 18.0. The quantitative estimate of drug-likeness (QED) is 0.621. The molecule has 2 amide bonds. The number of anilines is 1. The van der Waals surface area contributed by atoms with Gasteiger partial charge in [0.05, 0.1) is 18.1 Å². The first-order valence-electron chi connectivity index (χ1n) is 9.60. The first kappa shape index (κ1) is 21.9. The highest BCUT2D eigenvalue weighted by Crippen LogP contribution is 2.22. The van der Waals surface area contributed by atoms with Crippen LogP contribution in [0.5, 0.6) is 0 Å². The summed E-state index contributed by atoms with van der Waals surface area (Å²) in [7, 11) is -1.66. The first-order chi connectivity index (χ1) is 13.8. The van der Waals surface area contributed by atoms with Crippen molar-refractivity contribution in [2.75, 3.05) is 62.8 Å². The van der Waals surface area contributed by atoms with Gasteiger partial charge in [-0.05, 0) is 24.6 Å². The van der Waals surface area contributed by atoms with Crippen LogP contribution >= 0.6 is 11.6 Å². The number of halogens is 1. The average Bonchev–Trinajstić information content (AvgIpc) is 3.07. The zero-order valence-electron chi connectivity index (χ0n) is 16.4.